The maximum absolute atomic E-state index is 13.3. The van der Waals surface area contributed by atoms with Gasteiger partial charge in [-0.1, -0.05) is 23.9 Å². The SMILES string of the molecule is CC(=O)Nc1ccc(-c2nc(SCc3cccc(CCC(=O)N4CCN(CC5CCN(C(=O)OC(C)(C)C)CC5)CC4)[n+]3[O-])nc(N)c2C#N)cc1. The van der Waals surface area contributed by atoms with E-state index in [1.807, 2.05) is 25.7 Å². The maximum atomic E-state index is 13.3. The van der Waals surface area contributed by atoms with Crippen LogP contribution in [0, 0.1) is 22.5 Å². The van der Waals surface area contributed by atoms with Crippen LogP contribution in [0.1, 0.15) is 63.9 Å². The van der Waals surface area contributed by atoms with Gasteiger partial charge in [-0.3, -0.25) is 14.5 Å². The van der Waals surface area contributed by atoms with Crippen molar-refractivity contribution in [1.29, 1.82) is 5.26 Å². The predicted molar refractivity (Wildman–Crippen MR) is 198 cm³/mol. The molecule has 3 N–H and O–H groups in total. The van der Waals surface area contributed by atoms with Crippen LogP contribution in [-0.2, 0) is 26.5 Å². The monoisotopic (exact) mass is 729 g/mol. The fourth-order valence-corrected chi connectivity index (χ4v) is 7.15. The van der Waals surface area contributed by atoms with Gasteiger partial charge in [0.15, 0.2) is 10.9 Å². The molecule has 0 spiro atoms. The number of carbonyl (C=O) groups is 3. The van der Waals surface area contributed by atoms with Crippen LogP contribution >= 0.6 is 11.8 Å². The minimum Gasteiger partial charge on any atom is -0.618 e. The third kappa shape index (κ3) is 10.3. The lowest BCUT2D eigenvalue weighted by atomic mass is 9.96. The van der Waals surface area contributed by atoms with Crippen molar-refractivity contribution in [2.75, 3.05) is 56.9 Å². The Labute approximate surface area is 308 Å². The average molecular weight is 730 g/mol. The number of piperidine rings is 1. The Hall–Kier alpha value is -4.94. The molecule has 2 aliphatic rings. The molecule has 2 saturated heterocycles. The number of nitrogens with zero attached hydrogens (tertiary/aromatic N) is 7. The summed E-state index contributed by atoms with van der Waals surface area (Å²) in [6, 6.07) is 14.2. The highest BCUT2D eigenvalue weighted by molar-refractivity contribution is 7.98. The van der Waals surface area contributed by atoms with Gasteiger partial charge < -0.3 is 30.8 Å². The highest BCUT2D eigenvalue weighted by Gasteiger charge is 2.29. The van der Waals surface area contributed by atoms with Gasteiger partial charge in [0.1, 0.15) is 23.1 Å². The molecule has 3 amide bonds. The van der Waals surface area contributed by atoms with Crippen molar-refractivity contribution < 1.29 is 23.9 Å². The molecule has 0 saturated carbocycles. The Kier molecular flexibility index (Phi) is 12.6. The fourth-order valence-electron chi connectivity index (χ4n) is 6.34. The Morgan fingerprint density at radius 1 is 1.02 bits per heavy atom. The van der Waals surface area contributed by atoms with Gasteiger partial charge >= 0.3 is 6.09 Å². The molecule has 5 rings (SSSR count). The third-order valence-electron chi connectivity index (χ3n) is 9.06. The number of nitriles is 1. The molecule has 14 nitrogen and oxygen atoms in total. The molecular formula is C37H47N9O5S. The van der Waals surface area contributed by atoms with Crippen molar-refractivity contribution in [2.45, 2.75) is 69.9 Å². The highest BCUT2D eigenvalue weighted by Crippen LogP contribution is 2.29. The molecule has 1 aromatic carbocycles. The third-order valence-corrected chi connectivity index (χ3v) is 9.94. The number of rotatable bonds is 10. The molecule has 2 fully saturated rings. The van der Waals surface area contributed by atoms with Gasteiger partial charge in [-0.15, -0.1) is 0 Å². The molecule has 0 unspecified atom stereocenters. The molecule has 3 aromatic rings. The van der Waals surface area contributed by atoms with E-state index in [1.54, 1.807) is 47.4 Å². The van der Waals surface area contributed by atoms with Gasteiger partial charge in [-0.05, 0) is 57.7 Å². The minimum atomic E-state index is -0.497. The van der Waals surface area contributed by atoms with Gasteiger partial charge in [0.2, 0.25) is 17.5 Å². The average Bonchev–Trinajstić information content (AvgIpc) is 3.10. The van der Waals surface area contributed by atoms with E-state index in [0.717, 1.165) is 37.2 Å². The van der Waals surface area contributed by atoms with Crippen molar-refractivity contribution in [1.82, 2.24) is 24.7 Å². The number of thioether (sulfide) groups is 1. The Morgan fingerprint density at radius 2 is 1.69 bits per heavy atom. The number of hydrogen-bond donors (Lipinski definition) is 2. The minimum absolute atomic E-state index is 0.0317. The van der Waals surface area contributed by atoms with E-state index in [4.69, 9.17) is 10.5 Å². The van der Waals surface area contributed by atoms with Crippen LogP contribution in [0.15, 0.2) is 47.6 Å². The standard InChI is InChI=1S/C37H47N9O5S/c1-25(47)40-28-10-8-27(9-11-28)33-31(22-38)34(39)42-35(41-33)52-24-30-7-5-6-29(46(30)50)12-13-32(48)44-20-18-43(19-21-44)23-26-14-16-45(17-15-26)36(49)51-37(2,3)4/h5-11,26H,12-21,23-24H2,1-4H3,(H,40,47)(H2,39,41,42). The van der Waals surface area contributed by atoms with E-state index in [0.29, 0.717) is 72.0 Å². The summed E-state index contributed by atoms with van der Waals surface area (Å²) < 4.78 is 6.38. The van der Waals surface area contributed by atoms with Gasteiger partial charge in [-0.25, -0.2) is 14.8 Å². The van der Waals surface area contributed by atoms with Crippen molar-refractivity contribution in [3.8, 4) is 17.3 Å². The predicted octanol–water partition coefficient (Wildman–Crippen LogP) is 4.21. The lowest BCUT2D eigenvalue weighted by molar-refractivity contribution is -0.621. The number of nitrogens with two attached hydrogens (primary N) is 1. The van der Waals surface area contributed by atoms with Crippen LogP contribution in [0.5, 0.6) is 0 Å². The first-order valence-electron chi connectivity index (χ1n) is 17.6. The van der Waals surface area contributed by atoms with Gasteiger partial charge in [0.25, 0.3) is 0 Å². The molecule has 0 atom stereocenters. The van der Waals surface area contributed by atoms with Crippen LogP contribution in [0.4, 0.5) is 16.3 Å². The summed E-state index contributed by atoms with van der Waals surface area (Å²) in [5.41, 5.74) is 8.35. The first kappa shape index (κ1) is 38.3. The second kappa shape index (κ2) is 17.1. The van der Waals surface area contributed by atoms with Crippen molar-refractivity contribution in [3.05, 3.63) is 64.6 Å². The number of nitrogens with one attached hydrogen (secondary N) is 1. The largest absolute Gasteiger partial charge is 0.618 e. The van der Waals surface area contributed by atoms with E-state index in [9.17, 15) is 24.9 Å². The summed E-state index contributed by atoms with van der Waals surface area (Å²) in [6.07, 6.45) is 2.19. The number of likely N-dealkylation sites (tertiary alicyclic amines) is 1. The summed E-state index contributed by atoms with van der Waals surface area (Å²) in [4.78, 5) is 51.9. The highest BCUT2D eigenvalue weighted by atomic mass is 32.2. The summed E-state index contributed by atoms with van der Waals surface area (Å²) in [5, 5.41) is 26.0. The molecule has 0 aliphatic carbocycles. The number of nitrogen functional groups attached to an aromatic ring is 1. The quantitative estimate of drug-likeness (QED) is 0.132. The van der Waals surface area contributed by atoms with E-state index >= 15 is 0 Å². The van der Waals surface area contributed by atoms with E-state index in [2.05, 4.69) is 26.3 Å². The first-order valence-corrected chi connectivity index (χ1v) is 18.5. The van der Waals surface area contributed by atoms with Crippen molar-refractivity contribution >= 4 is 41.2 Å². The summed E-state index contributed by atoms with van der Waals surface area (Å²) in [7, 11) is 0. The second-order valence-corrected chi connectivity index (χ2v) is 15.1. The molecule has 276 valence electrons. The van der Waals surface area contributed by atoms with E-state index in [-0.39, 0.29) is 41.5 Å². The van der Waals surface area contributed by atoms with Crippen LogP contribution in [0.3, 0.4) is 0 Å². The van der Waals surface area contributed by atoms with Crippen LogP contribution in [0.2, 0.25) is 0 Å². The number of aromatic nitrogens is 3. The zero-order valence-electron chi connectivity index (χ0n) is 30.3. The number of ether oxygens (including phenoxy) is 1. The molecule has 4 heterocycles. The number of benzene rings is 1. The molecule has 15 heteroatoms. The van der Waals surface area contributed by atoms with E-state index < -0.39 is 5.60 Å². The molecule has 52 heavy (non-hydrogen) atoms. The van der Waals surface area contributed by atoms with Gasteiger partial charge in [0, 0.05) is 89.0 Å². The summed E-state index contributed by atoms with van der Waals surface area (Å²) >= 11 is 1.22. The number of pyridine rings is 1. The fraction of sp³-hybridized carbons (Fsp3) is 0.486. The molecule has 2 aliphatic heterocycles. The first-order chi connectivity index (χ1) is 24.8. The number of hydrogen-bond acceptors (Lipinski definition) is 11. The zero-order valence-corrected chi connectivity index (χ0v) is 31.1. The van der Waals surface area contributed by atoms with Gasteiger partial charge in [0.05, 0.1) is 11.4 Å². The number of amides is 3. The van der Waals surface area contributed by atoms with Crippen molar-refractivity contribution in [3.63, 3.8) is 0 Å². The maximum Gasteiger partial charge on any atom is 0.410 e. The summed E-state index contributed by atoms with van der Waals surface area (Å²) in [5.74, 6) is 0.628. The van der Waals surface area contributed by atoms with E-state index in [1.165, 1.54) is 18.7 Å². The van der Waals surface area contributed by atoms with Gasteiger partial charge in [-0.2, -0.15) is 9.99 Å². The Morgan fingerprint density at radius 3 is 2.33 bits per heavy atom. The Bertz CT molecular complexity index is 1790. The molecule has 2 aromatic heterocycles. The lowest BCUT2D eigenvalue weighted by Crippen LogP contribution is -2.51. The van der Waals surface area contributed by atoms with Crippen molar-refractivity contribution in [2.24, 2.45) is 5.92 Å². The second-order valence-electron chi connectivity index (χ2n) is 14.2. The number of carbonyl (C=O) groups excluding carboxylic acids is 3. The number of aryl methyl sites for hydroxylation is 1. The summed E-state index contributed by atoms with van der Waals surface area (Å²) in [6.45, 7) is 12.3. The normalized spacial score (nSPS) is 15.6. The van der Waals surface area contributed by atoms with Crippen LogP contribution in [0.25, 0.3) is 11.3 Å². The number of piperazine rings is 1. The number of anilines is 2. The van der Waals surface area contributed by atoms with Crippen LogP contribution in [-0.4, -0.2) is 94.0 Å². The molecule has 0 bridgehead atoms. The van der Waals surface area contributed by atoms with Crippen LogP contribution < -0.4 is 15.8 Å². The Balaban J connectivity index is 1.10. The topological polar surface area (TPSA) is 185 Å². The lowest BCUT2D eigenvalue weighted by Gasteiger charge is -2.39. The zero-order chi connectivity index (χ0) is 37.4. The molecular weight excluding hydrogens is 683 g/mol. The molecule has 0 radical (unpaired) electrons. The smallest absolute Gasteiger partial charge is 0.410 e.